The van der Waals surface area contributed by atoms with Gasteiger partial charge in [-0.2, -0.15) is 10.4 Å². The number of nitrogens with one attached hydrogen (secondary N) is 1. The summed E-state index contributed by atoms with van der Waals surface area (Å²) >= 11 is 0. The van der Waals surface area contributed by atoms with Crippen molar-refractivity contribution in [3.8, 4) is 17.5 Å². The first-order chi connectivity index (χ1) is 14.9. The van der Waals surface area contributed by atoms with Crippen LogP contribution < -0.4 is 15.8 Å². The number of hydrogen-bond acceptors (Lipinski definition) is 5. The molecular weight excluding hydrogens is 411 g/mol. The zero-order valence-corrected chi connectivity index (χ0v) is 16.2. The molecule has 160 valence electrons. The van der Waals surface area contributed by atoms with Crippen molar-refractivity contribution in [2.45, 2.75) is 12.8 Å². The number of carbonyl (C=O) groups is 1. The molecule has 31 heavy (non-hydrogen) atoms. The minimum absolute atomic E-state index is 0.142. The molecule has 7 nitrogen and oxygen atoms in total. The monoisotopic (exact) mass is 429 g/mol. The number of aryl methyl sites for hydroxylation is 1. The number of amides is 1. The van der Waals surface area contributed by atoms with Gasteiger partial charge in [0.05, 0.1) is 11.4 Å². The lowest BCUT2D eigenvalue weighted by Crippen LogP contribution is -2.30. The Labute approximate surface area is 175 Å². The van der Waals surface area contributed by atoms with Gasteiger partial charge in [0.25, 0.3) is 5.91 Å². The number of rotatable bonds is 8. The minimum atomic E-state index is -0.897. The predicted octanol–water partition coefficient (Wildman–Crippen LogP) is 2.87. The highest BCUT2D eigenvalue weighted by molar-refractivity contribution is 5.77. The van der Waals surface area contributed by atoms with Crippen molar-refractivity contribution in [3.05, 3.63) is 71.2 Å². The lowest BCUT2D eigenvalue weighted by molar-refractivity contribution is -0.123. The molecule has 3 rings (SSSR count). The molecule has 0 bridgehead atoms. The molecule has 2 aromatic carbocycles. The highest BCUT2D eigenvalue weighted by Crippen LogP contribution is 2.22. The second-order valence-electron chi connectivity index (χ2n) is 6.52. The molecule has 0 aliphatic carbocycles. The van der Waals surface area contributed by atoms with Crippen LogP contribution >= 0.6 is 0 Å². The Morgan fingerprint density at radius 1 is 1.16 bits per heavy atom. The molecule has 1 aromatic heterocycles. The Hall–Kier alpha value is -4.00. The quantitative estimate of drug-likeness (QED) is 0.536. The molecule has 0 radical (unpaired) electrons. The van der Waals surface area contributed by atoms with E-state index >= 15 is 0 Å². The lowest BCUT2D eigenvalue weighted by Gasteiger charge is -2.08. The molecular formula is C21H18F3N5O2. The van der Waals surface area contributed by atoms with Gasteiger partial charge in [-0.25, -0.2) is 17.9 Å². The van der Waals surface area contributed by atoms with Crippen LogP contribution in [0.4, 0.5) is 19.0 Å². The van der Waals surface area contributed by atoms with Crippen molar-refractivity contribution < 1.29 is 22.7 Å². The molecule has 0 spiro atoms. The van der Waals surface area contributed by atoms with Crippen molar-refractivity contribution in [2.24, 2.45) is 0 Å². The lowest BCUT2D eigenvalue weighted by atomic mass is 10.1. The SMILES string of the molecule is N#Cc1c(CCCNC(=O)COc2ccc(F)cc2F)nn(-c2ccc(F)cc2)c1N. The summed E-state index contributed by atoms with van der Waals surface area (Å²) in [6, 6.07) is 10.3. The molecule has 0 fully saturated rings. The van der Waals surface area contributed by atoms with E-state index in [0.717, 1.165) is 12.1 Å². The average molecular weight is 429 g/mol. The summed E-state index contributed by atoms with van der Waals surface area (Å²) in [4.78, 5) is 11.8. The predicted molar refractivity (Wildman–Crippen MR) is 106 cm³/mol. The first-order valence-electron chi connectivity index (χ1n) is 9.27. The van der Waals surface area contributed by atoms with E-state index in [9.17, 15) is 23.2 Å². The van der Waals surface area contributed by atoms with E-state index in [4.69, 9.17) is 10.5 Å². The van der Waals surface area contributed by atoms with Crippen molar-refractivity contribution in [1.29, 1.82) is 5.26 Å². The third kappa shape index (κ3) is 5.33. The number of carbonyl (C=O) groups excluding carboxylic acids is 1. The van der Waals surface area contributed by atoms with Crippen LogP contribution in [0.25, 0.3) is 5.69 Å². The van der Waals surface area contributed by atoms with Gasteiger partial charge in [-0.15, -0.1) is 0 Å². The van der Waals surface area contributed by atoms with Gasteiger partial charge in [-0.3, -0.25) is 4.79 Å². The molecule has 1 heterocycles. The third-order valence-electron chi connectivity index (χ3n) is 4.34. The van der Waals surface area contributed by atoms with Crippen LogP contribution in [-0.4, -0.2) is 28.8 Å². The van der Waals surface area contributed by atoms with Gasteiger partial charge in [0.2, 0.25) is 0 Å². The number of halogens is 3. The number of nitrogens with two attached hydrogens (primary N) is 1. The molecule has 3 N–H and O–H groups in total. The fourth-order valence-corrected chi connectivity index (χ4v) is 2.82. The first-order valence-corrected chi connectivity index (χ1v) is 9.27. The number of ether oxygens (including phenoxy) is 1. The zero-order valence-electron chi connectivity index (χ0n) is 16.2. The molecule has 0 atom stereocenters. The Morgan fingerprint density at radius 2 is 1.87 bits per heavy atom. The van der Waals surface area contributed by atoms with Crippen LogP contribution in [0.3, 0.4) is 0 Å². The van der Waals surface area contributed by atoms with E-state index in [1.165, 1.54) is 28.9 Å². The maximum absolute atomic E-state index is 13.5. The van der Waals surface area contributed by atoms with E-state index in [0.29, 0.717) is 30.3 Å². The summed E-state index contributed by atoms with van der Waals surface area (Å²) in [5.41, 5.74) is 7.17. The number of benzene rings is 2. The van der Waals surface area contributed by atoms with Gasteiger partial charge >= 0.3 is 0 Å². The second-order valence-corrected chi connectivity index (χ2v) is 6.52. The first kappa shape index (κ1) is 21.7. The smallest absolute Gasteiger partial charge is 0.257 e. The fraction of sp³-hybridized carbons (Fsp3) is 0.190. The van der Waals surface area contributed by atoms with E-state index in [1.54, 1.807) is 0 Å². The van der Waals surface area contributed by atoms with Crippen LogP contribution in [-0.2, 0) is 11.2 Å². The third-order valence-corrected chi connectivity index (χ3v) is 4.34. The number of anilines is 1. The number of nitrogen functional groups attached to an aromatic ring is 1. The standard InChI is InChI=1S/C21H18F3N5O2/c22-13-3-6-15(7-4-13)29-21(26)16(11-25)18(28-29)2-1-9-27-20(30)12-31-19-8-5-14(23)10-17(19)24/h3-8,10H,1-2,9,12,26H2,(H,27,30). The molecule has 0 aliphatic rings. The molecule has 0 saturated heterocycles. The summed E-state index contributed by atoms with van der Waals surface area (Å²) in [5, 5.41) is 16.3. The highest BCUT2D eigenvalue weighted by Gasteiger charge is 2.16. The Bertz CT molecular complexity index is 1120. The van der Waals surface area contributed by atoms with Gasteiger partial charge in [0.15, 0.2) is 18.2 Å². The number of aromatic nitrogens is 2. The molecule has 3 aromatic rings. The van der Waals surface area contributed by atoms with Crippen LogP contribution in [0.15, 0.2) is 42.5 Å². The summed E-state index contributed by atoms with van der Waals surface area (Å²) in [6.45, 7) is -0.180. The van der Waals surface area contributed by atoms with E-state index in [1.807, 2.05) is 6.07 Å². The largest absolute Gasteiger partial charge is 0.481 e. The second kappa shape index (κ2) is 9.67. The van der Waals surface area contributed by atoms with Crippen LogP contribution in [0.2, 0.25) is 0 Å². The van der Waals surface area contributed by atoms with Crippen LogP contribution in [0, 0.1) is 28.8 Å². The van der Waals surface area contributed by atoms with E-state index in [2.05, 4.69) is 10.4 Å². The van der Waals surface area contributed by atoms with Gasteiger partial charge in [-0.1, -0.05) is 0 Å². The van der Waals surface area contributed by atoms with Crippen molar-refractivity contribution in [2.75, 3.05) is 18.9 Å². The topological polar surface area (TPSA) is 106 Å². The van der Waals surface area contributed by atoms with Crippen LogP contribution in [0.5, 0.6) is 5.75 Å². The van der Waals surface area contributed by atoms with Gasteiger partial charge in [0, 0.05) is 12.6 Å². The highest BCUT2D eigenvalue weighted by atomic mass is 19.1. The molecule has 0 aliphatic heterocycles. The van der Waals surface area contributed by atoms with Gasteiger partial charge in [-0.05, 0) is 49.2 Å². The van der Waals surface area contributed by atoms with Gasteiger partial charge < -0.3 is 15.8 Å². The fourth-order valence-electron chi connectivity index (χ4n) is 2.82. The summed E-state index contributed by atoms with van der Waals surface area (Å²) in [6.07, 6.45) is 0.806. The normalized spacial score (nSPS) is 10.5. The van der Waals surface area contributed by atoms with Crippen LogP contribution in [0.1, 0.15) is 17.7 Å². The Balaban J connectivity index is 1.52. The summed E-state index contributed by atoms with van der Waals surface area (Å²) < 4.78 is 45.8. The summed E-state index contributed by atoms with van der Waals surface area (Å²) in [7, 11) is 0. The number of nitrogens with zero attached hydrogens (tertiary/aromatic N) is 3. The zero-order chi connectivity index (χ0) is 22.4. The minimum Gasteiger partial charge on any atom is -0.481 e. The molecule has 1 amide bonds. The van der Waals surface area contributed by atoms with E-state index in [-0.39, 0.29) is 23.7 Å². The number of hydrogen-bond donors (Lipinski definition) is 2. The van der Waals surface area contributed by atoms with Crippen molar-refractivity contribution in [1.82, 2.24) is 15.1 Å². The van der Waals surface area contributed by atoms with Crippen molar-refractivity contribution in [3.63, 3.8) is 0 Å². The average Bonchev–Trinajstić information content (AvgIpc) is 3.06. The Kier molecular flexibility index (Phi) is 6.77. The maximum Gasteiger partial charge on any atom is 0.257 e. The molecule has 0 saturated carbocycles. The van der Waals surface area contributed by atoms with E-state index < -0.39 is 30.0 Å². The summed E-state index contributed by atoms with van der Waals surface area (Å²) in [5.74, 6) is -2.61. The molecule has 10 heteroatoms. The van der Waals surface area contributed by atoms with Crippen molar-refractivity contribution >= 4 is 11.7 Å². The number of nitriles is 1. The van der Waals surface area contributed by atoms with Gasteiger partial charge in [0.1, 0.15) is 29.1 Å². The molecule has 0 unspecified atom stereocenters. The maximum atomic E-state index is 13.5. The Morgan fingerprint density at radius 3 is 2.55 bits per heavy atom.